The van der Waals surface area contributed by atoms with Gasteiger partial charge in [0.2, 0.25) is 0 Å². The molecule has 0 saturated carbocycles. The summed E-state index contributed by atoms with van der Waals surface area (Å²) in [6, 6.07) is 7.27. The van der Waals surface area contributed by atoms with Crippen molar-refractivity contribution in [1.82, 2.24) is 4.90 Å². The number of amides is 2. The quantitative estimate of drug-likeness (QED) is 0.680. The number of carbonyl (C=O) groups is 3. The molecule has 1 unspecified atom stereocenters. The van der Waals surface area contributed by atoms with Gasteiger partial charge in [0.15, 0.2) is 0 Å². The highest BCUT2D eigenvalue weighted by atomic mass is 16.5. The van der Waals surface area contributed by atoms with E-state index >= 15 is 0 Å². The van der Waals surface area contributed by atoms with Crippen molar-refractivity contribution in [2.75, 3.05) is 25.0 Å². The molecule has 6 nitrogen and oxygen atoms in total. The number of carbonyl (C=O) groups excluding carboxylic acids is 3. The van der Waals surface area contributed by atoms with Crippen LogP contribution < -0.4 is 5.32 Å². The zero-order chi connectivity index (χ0) is 16.8. The fourth-order valence-electron chi connectivity index (χ4n) is 2.65. The fourth-order valence-corrected chi connectivity index (χ4v) is 2.65. The number of esters is 1. The number of aryl methyl sites for hydroxylation is 1. The Bertz CT molecular complexity index is 600. The molecule has 1 heterocycles. The maximum absolute atomic E-state index is 12.3. The summed E-state index contributed by atoms with van der Waals surface area (Å²) in [5, 5.41) is 2.63. The number of nitrogens with one attached hydrogen (secondary N) is 1. The largest absolute Gasteiger partial charge is 0.466 e. The summed E-state index contributed by atoms with van der Waals surface area (Å²) < 4.78 is 5.00. The van der Waals surface area contributed by atoms with E-state index in [1.165, 1.54) is 4.90 Å². The summed E-state index contributed by atoms with van der Waals surface area (Å²) in [6.07, 6.45) is 1.37. The predicted molar refractivity (Wildman–Crippen MR) is 85.7 cm³/mol. The molecule has 6 heteroatoms. The Morgan fingerprint density at radius 3 is 2.74 bits per heavy atom. The Kier molecular flexibility index (Phi) is 5.73. The van der Waals surface area contributed by atoms with Gasteiger partial charge in [0.05, 0.1) is 12.5 Å². The van der Waals surface area contributed by atoms with E-state index in [0.717, 1.165) is 5.56 Å². The van der Waals surface area contributed by atoms with Gasteiger partial charge >= 0.3 is 17.8 Å². The Morgan fingerprint density at radius 2 is 2.04 bits per heavy atom. The molecule has 0 aliphatic carbocycles. The van der Waals surface area contributed by atoms with Crippen molar-refractivity contribution < 1.29 is 19.1 Å². The Labute approximate surface area is 135 Å². The number of hydrogen-bond donors (Lipinski definition) is 1. The second-order valence-corrected chi connectivity index (χ2v) is 5.61. The van der Waals surface area contributed by atoms with Crippen LogP contribution in [-0.4, -0.2) is 42.4 Å². The van der Waals surface area contributed by atoms with Gasteiger partial charge in [-0.05, 0) is 38.3 Å². The molecule has 1 aliphatic rings. The Hall–Kier alpha value is -2.37. The third-order valence-electron chi connectivity index (χ3n) is 3.92. The van der Waals surface area contributed by atoms with Gasteiger partial charge in [0.1, 0.15) is 0 Å². The average Bonchev–Trinajstić information content (AvgIpc) is 2.56. The van der Waals surface area contributed by atoms with Crippen LogP contribution in [0.5, 0.6) is 0 Å². The first-order chi connectivity index (χ1) is 11.0. The van der Waals surface area contributed by atoms with Crippen LogP contribution in [0.15, 0.2) is 24.3 Å². The fraction of sp³-hybridized carbons (Fsp3) is 0.471. The number of hydrogen-bond acceptors (Lipinski definition) is 4. The van der Waals surface area contributed by atoms with Crippen molar-refractivity contribution in [3.05, 3.63) is 29.8 Å². The van der Waals surface area contributed by atoms with Crippen molar-refractivity contribution in [1.29, 1.82) is 0 Å². The monoisotopic (exact) mass is 318 g/mol. The zero-order valence-corrected chi connectivity index (χ0v) is 13.5. The van der Waals surface area contributed by atoms with Crippen molar-refractivity contribution in [2.45, 2.75) is 26.7 Å². The van der Waals surface area contributed by atoms with E-state index in [0.29, 0.717) is 31.7 Å². The normalized spacial score (nSPS) is 17.5. The second-order valence-electron chi connectivity index (χ2n) is 5.61. The van der Waals surface area contributed by atoms with Crippen LogP contribution in [0.25, 0.3) is 0 Å². The number of piperidine rings is 1. The van der Waals surface area contributed by atoms with Gasteiger partial charge in [-0.25, -0.2) is 0 Å². The van der Waals surface area contributed by atoms with Crippen molar-refractivity contribution >= 4 is 23.5 Å². The van der Waals surface area contributed by atoms with Crippen molar-refractivity contribution in [3.63, 3.8) is 0 Å². The molecular formula is C17H22N2O4. The SMILES string of the molecule is CCOC(=O)C1CCCN(C(=O)C(=O)Nc2ccccc2C)C1. The lowest BCUT2D eigenvalue weighted by atomic mass is 9.98. The second kappa shape index (κ2) is 7.76. The van der Waals surface area contributed by atoms with Gasteiger partial charge in [0, 0.05) is 18.8 Å². The van der Waals surface area contributed by atoms with Crippen LogP contribution in [0, 0.1) is 12.8 Å². The summed E-state index contributed by atoms with van der Waals surface area (Å²) in [5.41, 5.74) is 1.50. The number of nitrogens with zero attached hydrogens (tertiary/aromatic N) is 1. The van der Waals surface area contributed by atoms with Crippen LogP contribution in [-0.2, 0) is 19.1 Å². The summed E-state index contributed by atoms with van der Waals surface area (Å²) in [5.74, 6) is -1.94. The highest BCUT2D eigenvalue weighted by molar-refractivity contribution is 6.39. The minimum absolute atomic E-state index is 0.235. The molecule has 124 valence electrons. The third-order valence-corrected chi connectivity index (χ3v) is 3.92. The highest BCUT2D eigenvalue weighted by Crippen LogP contribution is 2.19. The lowest BCUT2D eigenvalue weighted by Crippen LogP contribution is -2.47. The van der Waals surface area contributed by atoms with Gasteiger partial charge in [-0.1, -0.05) is 18.2 Å². The van der Waals surface area contributed by atoms with E-state index in [1.54, 1.807) is 19.1 Å². The topological polar surface area (TPSA) is 75.7 Å². The molecule has 1 fully saturated rings. The number of benzene rings is 1. The first kappa shape index (κ1) is 17.0. The minimum Gasteiger partial charge on any atom is -0.466 e. The van der Waals surface area contributed by atoms with E-state index in [1.807, 2.05) is 19.1 Å². The molecular weight excluding hydrogens is 296 g/mol. The van der Waals surface area contributed by atoms with Gasteiger partial charge in [-0.15, -0.1) is 0 Å². The number of likely N-dealkylation sites (tertiary alicyclic amines) is 1. The van der Waals surface area contributed by atoms with Gasteiger partial charge in [-0.2, -0.15) is 0 Å². The standard InChI is InChI=1S/C17H22N2O4/c1-3-23-17(22)13-8-6-10-19(11-13)16(21)15(20)18-14-9-5-4-7-12(14)2/h4-5,7,9,13H,3,6,8,10-11H2,1-2H3,(H,18,20). The first-order valence-electron chi connectivity index (χ1n) is 7.85. The molecule has 23 heavy (non-hydrogen) atoms. The van der Waals surface area contributed by atoms with Crippen LogP contribution in [0.1, 0.15) is 25.3 Å². The number of rotatable bonds is 3. The number of para-hydroxylation sites is 1. The van der Waals surface area contributed by atoms with E-state index in [4.69, 9.17) is 4.74 Å². The number of ether oxygens (including phenoxy) is 1. The maximum atomic E-state index is 12.3. The van der Waals surface area contributed by atoms with E-state index < -0.39 is 11.8 Å². The summed E-state index contributed by atoms with van der Waals surface area (Å²) in [6.45, 7) is 4.64. The summed E-state index contributed by atoms with van der Waals surface area (Å²) in [4.78, 5) is 37.7. The van der Waals surface area contributed by atoms with Gasteiger partial charge in [-0.3, -0.25) is 14.4 Å². The first-order valence-corrected chi connectivity index (χ1v) is 7.85. The molecule has 1 aliphatic heterocycles. The lowest BCUT2D eigenvalue weighted by molar-refractivity contribution is -0.153. The Morgan fingerprint density at radius 1 is 1.30 bits per heavy atom. The molecule has 1 saturated heterocycles. The summed E-state index contributed by atoms with van der Waals surface area (Å²) >= 11 is 0. The molecule has 2 rings (SSSR count). The molecule has 1 aromatic carbocycles. The van der Waals surface area contributed by atoms with Crippen LogP contribution >= 0.6 is 0 Å². The zero-order valence-electron chi connectivity index (χ0n) is 13.5. The van der Waals surface area contributed by atoms with Gasteiger partial charge < -0.3 is 15.0 Å². The smallest absolute Gasteiger partial charge is 0.313 e. The van der Waals surface area contributed by atoms with E-state index in [-0.39, 0.29) is 18.4 Å². The molecule has 1 aromatic rings. The average molecular weight is 318 g/mol. The van der Waals surface area contributed by atoms with E-state index in [2.05, 4.69) is 5.32 Å². The lowest BCUT2D eigenvalue weighted by Gasteiger charge is -2.31. The van der Waals surface area contributed by atoms with E-state index in [9.17, 15) is 14.4 Å². The van der Waals surface area contributed by atoms with Crippen LogP contribution in [0.4, 0.5) is 5.69 Å². The van der Waals surface area contributed by atoms with Crippen molar-refractivity contribution in [2.24, 2.45) is 5.92 Å². The highest BCUT2D eigenvalue weighted by Gasteiger charge is 2.32. The molecule has 0 bridgehead atoms. The minimum atomic E-state index is -0.677. The van der Waals surface area contributed by atoms with Crippen LogP contribution in [0.3, 0.4) is 0 Å². The molecule has 2 amide bonds. The van der Waals surface area contributed by atoms with Crippen molar-refractivity contribution in [3.8, 4) is 0 Å². The molecule has 1 atom stereocenters. The molecule has 1 N–H and O–H groups in total. The number of anilines is 1. The molecule has 0 radical (unpaired) electrons. The van der Waals surface area contributed by atoms with Crippen LogP contribution in [0.2, 0.25) is 0 Å². The maximum Gasteiger partial charge on any atom is 0.313 e. The predicted octanol–water partition coefficient (Wildman–Crippen LogP) is 1.74. The molecule has 0 spiro atoms. The third kappa shape index (κ3) is 4.31. The van der Waals surface area contributed by atoms with Gasteiger partial charge in [0.25, 0.3) is 0 Å². The Balaban J connectivity index is 1.97. The molecule has 0 aromatic heterocycles. The summed E-state index contributed by atoms with van der Waals surface area (Å²) in [7, 11) is 0.